The molecular weight excluding hydrogens is 260 g/mol. The SMILES string of the molecule is Cc1cccc(NC(=S)Nc2ccccc2S)c1. The first-order chi connectivity index (χ1) is 8.65. The number of para-hydroxylation sites is 1. The molecule has 2 rings (SSSR count). The zero-order chi connectivity index (χ0) is 13.0. The Morgan fingerprint density at radius 2 is 1.83 bits per heavy atom. The lowest BCUT2D eigenvalue weighted by molar-refractivity contribution is 1.44. The van der Waals surface area contributed by atoms with Crippen molar-refractivity contribution in [3.8, 4) is 0 Å². The van der Waals surface area contributed by atoms with Crippen LogP contribution in [0.1, 0.15) is 5.56 Å². The number of hydrogen-bond donors (Lipinski definition) is 3. The standard InChI is InChI=1S/C14H14N2S2/c1-10-5-4-6-11(9-10)15-14(18)16-12-7-2-3-8-13(12)17/h2-9,17H,1H3,(H2,15,16,18). The lowest BCUT2D eigenvalue weighted by Gasteiger charge is -2.12. The number of hydrogen-bond acceptors (Lipinski definition) is 2. The second-order valence-corrected chi connectivity index (χ2v) is 4.86. The van der Waals surface area contributed by atoms with Crippen LogP contribution in [0.4, 0.5) is 11.4 Å². The van der Waals surface area contributed by atoms with Crippen molar-refractivity contribution in [1.82, 2.24) is 0 Å². The highest BCUT2D eigenvalue weighted by atomic mass is 32.1. The highest BCUT2D eigenvalue weighted by Gasteiger charge is 2.01. The summed E-state index contributed by atoms with van der Waals surface area (Å²) in [5, 5.41) is 6.82. The van der Waals surface area contributed by atoms with Gasteiger partial charge in [-0.05, 0) is 49.0 Å². The van der Waals surface area contributed by atoms with Gasteiger partial charge >= 0.3 is 0 Å². The normalized spacial score (nSPS) is 9.89. The molecule has 2 aromatic rings. The van der Waals surface area contributed by atoms with Gasteiger partial charge in [0.2, 0.25) is 0 Å². The summed E-state index contributed by atoms with van der Waals surface area (Å²) in [4.78, 5) is 0.867. The van der Waals surface area contributed by atoms with Crippen molar-refractivity contribution in [1.29, 1.82) is 0 Å². The van der Waals surface area contributed by atoms with E-state index in [1.165, 1.54) is 5.56 Å². The molecule has 0 spiro atoms. The first-order valence-corrected chi connectivity index (χ1v) is 6.43. The van der Waals surface area contributed by atoms with Gasteiger partial charge in [-0.1, -0.05) is 24.3 Å². The lowest BCUT2D eigenvalue weighted by atomic mass is 10.2. The monoisotopic (exact) mass is 274 g/mol. The molecule has 0 radical (unpaired) electrons. The highest BCUT2D eigenvalue weighted by molar-refractivity contribution is 7.81. The van der Waals surface area contributed by atoms with Crippen LogP contribution in [0.5, 0.6) is 0 Å². The van der Waals surface area contributed by atoms with E-state index in [0.717, 1.165) is 16.3 Å². The number of thiol groups is 1. The van der Waals surface area contributed by atoms with Gasteiger partial charge in [0, 0.05) is 10.6 Å². The highest BCUT2D eigenvalue weighted by Crippen LogP contribution is 2.19. The van der Waals surface area contributed by atoms with Gasteiger partial charge in [0.15, 0.2) is 5.11 Å². The summed E-state index contributed by atoms with van der Waals surface area (Å²) < 4.78 is 0. The Labute approximate surface area is 118 Å². The predicted octanol–water partition coefficient (Wildman–Crippen LogP) is 4.09. The first-order valence-electron chi connectivity index (χ1n) is 5.58. The van der Waals surface area contributed by atoms with Crippen molar-refractivity contribution in [2.75, 3.05) is 10.6 Å². The molecule has 0 amide bonds. The molecule has 2 nitrogen and oxygen atoms in total. The first kappa shape index (κ1) is 12.9. The van der Waals surface area contributed by atoms with Gasteiger partial charge in [-0.25, -0.2) is 0 Å². The fraction of sp³-hybridized carbons (Fsp3) is 0.0714. The molecule has 0 saturated heterocycles. The van der Waals surface area contributed by atoms with Gasteiger partial charge in [-0.15, -0.1) is 12.6 Å². The molecule has 0 unspecified atom stereocenters. The van der Waals surface area contributed by atoms with Crippen LogP contribution in [0.15, 0.2) is 53.4 Å². The van der Waals surface area contributed by atoms with Crippen molar-refractivity contribution < 1.29 is 0 Å². The molecule has 0 aromatic heterocycles. The van der Waals surface area contributed by atoms with E-state index in [9.17, 15) is 0 Å². The Kier molecular flexibility index (Phi) is 4.23. The minimum atomic E-state index is 0.558. The molecule has 92 valence electrons. The van der Waals surface area contributed by atoms with Crippen LogP contribution in [0.2, 0.25) is 0 Å². The van der Waals surface area contributed by atoms with E-state index in [1.54, 1.807) is 0 Å². The third kappa shape index (κ3) is 3.48. The summed E-state index contributed by atoms with van der Waals surface area (Å²) in [6.07, 6.45) is 0. The third-order valence-corrected chi connectivity index (χ3v) is 3.02. The molecule has 2 N–H and O–H groups in total. The van der Waals surface area contributed by atoms with Crippen LogP contribution in [-0.2, 0) is 0 Å². The Bertz CT molecular complexity index is 567. The maximum absolute atomic E-state index is 5.26. The van der Waals surface area contributed by atoms with E-state index < -0.39 is 0 Å². The van der Waals surface area contributed by atoms with Crippen LogP contribution in [0.25, 0.3) is 0 Å². The largest absolute Gasteiger partial charge is 0.332 e. The number of anilines is 2. The zero-order valence-electron chi connectivity index (χ0n) is 9.97. The topological polar surface area (TPSA) is 24.1 Å². The Hall–Kier alpha value is -1.52. The van der Waals surface area contributed by atoms with Crippen molar-refractivity contribution in [3.63, 3.8) is 0 Å². The minimum absolute atomic E-state index is 0.558. The van der Waals surface area contributed by atoms with Crippen molar-refractivity contribution in [3.05, 3.63) is 54.1 Å². The fourth-order valence-corrected chi connectivity index (χ4v) is 2.03. The number of thiocarbonyl (C=S) groups is 1. The van der Waals surface area contributed by atoms with Crippen molar-refractivity contribution >= 4 is 41.3 Å². The van der Waals surface area contributed by atoms with E-state index in [1.807, 2.05) is 55.5 Å². The van der Waals surface area contributed by atoms with Crippen LogP contribution in [-0.4, -0.2) is 5.11 Å². The average molecular weight is 274 g/mol. The molecule has 0 saturated carbocycles. The van der Waals surface area contributed by atoms with Crippen LogP contribution in [0, 0.1) is 6.92 Å². The van der Waals surface area contributed by atoms with Crippen LogP contribution < -0.4 is 10.6 Å². The molecule has 0 atom stereocenters. The van der Waals surface area contributed by atoms with Gasteiger partial charge in [-0.2, -0.15) is 0 Å². The summed E-state index contributed by atoms with van der Waals surface area (Å²) in [6.45, 7) is 2.05. The summed E-state index contributed by atoms with van der Waals surface area (Å²) in [7, 11) is 0. The van der Waals surface area contributed by atoms with E-state index >= 15 is 0 Å². The summed E-state index contributed by atoms with van der Waals surface area (Å²) >= 11 is 9.63. The van der Waals surface area contributed by atoms with Gasteiger partial charge in [0.05, 0.1) is 5.69 Å². The van der Waals surface area contributed by atoms with Crippen LogP contribution >= 0.6 is 24.8 Å². The molecule has 18 heavy (non-hydrogen) atoms. The summed E-state index contributed by atoms with van der Waals surface area (Å²) in [5.41, 5.74) is 3.06. The molecule has 0 fully saturated rings. The van der Waals surface area contributed by atoms with E-state index in [4.69, 9.17) is 12.2 Å². The molecule has 0 aliphatic rings. The number of aryl methyl sites for hydroxylation is 1. The Balaban J connectivity index is 2.03. The molecule has 2 aromatic carbocycles. The number of benzene rings is 2. The average Bonchev–Trinajstić information content (AvgIpc) is 2.32. The van der Waals surface area contributed by atoms with E-state index in [-0.39, 0.29) is 0 Å². The Morgan fingerprint density at radius 3 is 2.56 bits per heavy atom. The van der Waals surface area contributed by atoms with Gasteiger partial charge in [0.1, 0.15) is 0 Å². The maximum atomic E-state index is 5.26. The third-order valence-electron chi connectivity index (χ3n) is 2.43. The molecular formula is C14H14N2S2. The second-order valence-electron chi connectivity index (χ2n) is 3.97. The zero-order valence-corrected chi connectivity index (χ0v) is 11.7. The van der Waals surface area contributed by atoms with E-state index in [0.29, 0.717) is 5.11 Å². The smallest absolute Gasteiger partial charge is 0.175 e. The van der Waals surface area contributed by atoms with Crippen molar-refractivity contribution in [2.45, 2.75) is 11.8 Å². The molecule has 0 aliphatic carbocycles. The van der Waals surface area contributed by atoms with Gasteiger partial charge in [0.25, 0.3) is 0 Å². The van der Waals surface area contributed by atoms with Gasteiger partial charge in [-0.3, -0.25) is 0 Å². The van der Waals surface area contributed by atoms with Gasteiger partial charge < -0.3 is 10.6 Å². The minimum Gasteiger partial charge on any atom is -0.332 e. The fourth-order valence-electron chi connectivity index (χ4n) is 1.59. The molecule has 0 heterocycles. The summed E-state index contributed by atoms with van der Waals surface area (Å²) in [5.74, 6) is 0. The van der Waals surface area contributed by atoms with Crippen molar-refractivity contribution in [2.24, 2.45) is 0 Å². The van der Waals surface area contributed by atoms with Crippen LogP contribution in [0.3, 0.4) is 0 Å². The van der Waals surface area contributed by atoms with E-state index in [2.05, 4.69) is 23.3 Å². The molecule has 4 heteroatoms. The second kappa shape index (κ2) is 5.89. The number of rotatable bonds is 2. The molecule has 0 aliphatic heterocycles. The summed E-state index contributed by atoms with van der Waals surface area (Å²) in [6, 6.07) is 15.8. The maximum Gasteiger partial charge on any atom is 0.175 e. The molecule has 0 bridgehead atoms. The Morgan fingerprint density at radius 1 is 1.06 bits per heavy atom. The quantitative estimate of drug-likeness (QED) is 0.568. The number of nitrogens with one attached hydrogen (secondary N) is 2. The predicted molar refractivity (Wildman–Crippen MR) is 84.7 cm³/mol. The lowest BCUT2D eigenvalue weighted by Crippen LogP contribution is -2.19.